The van der Waals surface area contributed by atoms with Gasteiger partial charge in [-0.05, 0) is 49.0 Å². The van der Waals surface area contributed by atoms with Crippen molar-refractivity contribution in [2.45, 2.75) is 18.9 Å². The second kappa shape index (κ2) is 7.74. The van der Waals surface area contributed by atoms with Crippen LogP contribution in [0.5, 0.6) is 17.2 Å². The molecule has 1 aromatic carbocycles. The number of nitrogens with one attached hydrogen (secondary N) is 2. The second-order valence-corrected chi connectivity index (χ2v) is 6.60. The molecule has 0 aliphatic heterocycles. The van der Waals surface area contributed by atoms with Crippen LogP contribution in [0.3, 0.4) is 0 Å². The lowest BCUT2D eigenvalue weighted by atomic mass is 10.0. The van der Waals surface area contributed by atoms with Crippen molar-refractivity contribution in [1.82, 2.24) is 10.7 Å². The second-order valence-electron chi connectivity index (χ2n) is 6.19. The van der Waals surface area contributed by atoms with Crippen molar-refractivity contribution in [1.29, 1.82) is 0 Å². The molecule has 0 radical (unpaired) electrons. The van der Waals surface area contributed by atoms with Gasteiger partial charge in [0, 0.05) is 11.6 Å². The zero-order valence-electron chi connectivity index (χ0n) is 14.6. The summed E-state index contributed by atoms with van der Waals surface area (Å²) in [5.74, 6) is 3.00. The highest BCUT2D eigenvalue weighted by molar-refractivity contribution is 7.80. The van der Waals surface area contributed by atoms with Gasteiger partial charge in [-0.25, -0.2) is 0 Å². The summed E-state index contributed by atoms with van der Waals surface area (Å²) in [4.78, 5) is 0. The molecule has 0 amide bonds. The Morgan fingerprint density at radius 3 is 2.36 bits per heavy atom. The number of hydrogen-bond acceptors (Lipinski definition) is 5. The Kier molecular flexibility index (Phi) is 5.43. The van der Waals surface area contributed by atoms with E-state index in [9.17, 15) is 0 Å². The Morgan fingerprint density at radius 1 is 1.12 bits per heavy atom. The minimum atomic E-state index is 0.409. The zero-order valence-corrected chi connectivity index (χ0v) is 15.4. The van der Waals surface area contributed by atoms with E-state index in [1.54, 1.807) is 27.5 Å². The average molecular weight is 361 g/mol. The predicted molar refractivity (Wildman–Crippen MR) is 102 cm³/mol. The molecule has 0 aromatic heterocycles. The third-order valence-electron chi connectivity index (χ3n) is 4.66. The maximum absolute atomic E-state index is 5.33. The molecule has 1 saturated carbocycles. The molecule has 2 bridgehead atoms. The summed E-state index contributed by atoms with van der Waals surface area (Å²) >= 11 is 5.33. The molecule has 0 saturated heterocycles. The Bertz CT molecular complexity index is 680. The molecule has 0 heterocycles. The number of rotatable bonds is 6. The first kappa shape index (κ1) is 17.5. The molecule has 1 fully saturated rings. The van der Waals surface area contributed by atoms with Crippen LogP contribution >= 0.6 is 12.2 Å². The molecule has 25 heavy (non-hydrogen) atoms. The quantitative estimate of drug-likeness (QED) is 0.351. The number of hydrazone groups is 1. The van der Waals surface area contributed by atoms with Crippen LogP contribution in [-0.2, 0) is 0 Å². The highest BCUT2D eigenvalue weighted by Gasteiger charge is 2.35. The smallest absolute Gasteiger partial charge is 0.203 e. The third-order valence-corrected chi connectivity index (χ3v) is 4.87. The highest BCUT2D eigenvalue weighted by atomic mass is 32.1. The molecule has 3 atom stereocenters. The number of nitrogens with zero attached hydrogens (tertiary/aromatic N) is 1. The van der Waals surface area contributed by atoms with Gasteiger partial charge in [0.15, 0.2) is 16.6 Å². The summed E-state index contributed by atoms with van der Waals surface area (Å²) in [6, 6.07) is 4.05. The van der Waals surface area contributed by atoms with Gasteiger partial charge in [-0.1, -0.05) is 12.2 Å². The summed E-state index contributed by atoms with van der Waals surface area (Å²) in [5.41, 5.74) is 3.69. The number of thiocarbonyl (C=S) groups is 1. The van der Waals surface area contributed by atoms with Gasteiger partial charge >= 0.3 is 0 Å². The van der Waals surface area contributed by atoms with Gasteiger partial charge in [0.05, 0.1) is 27.5 Å². The first-order valence-electron chi connectivity index (χ1n) is 8.22. The maximum Gasteiger partial charge on any atom is 0.203 e. The van der Waals surface area contributed by atoms with E-state index in [1.165, 1.54) is 6.42 Å². The molecule has 0 unspecified atom stereocenters. The van der Waals surface area contributed by atoms with Gasteiger partial charge in [0.2, 0.25) is 5.75 Å². The van der Waals surface area contributed by atoms with E-state index in [-0.39, 0.29) is 0 Å². The van der Waals surface area contributed by atoms with Gasteiger partial charge in [0.25, 0.3) is 0 Å². The van der Waals surface area contributed by atoms with Crippen molar-refractivity contribution in [3.05, 3.63) is 29.8 Å². The Hall–Kier alpha value is -2.28. The number of methoxy groups -OCH3 is 3. The molecule has 0 spiro atoms. The van der Waals surface area contributed by atoms with Crippen LogP contribution in [0.15, 0.2) is 29.4 Å². The number of benzene rings is 1. The van der Waals surface area contributed by atoms with E-state index in [0.29, 0.717) is 40.2 Å². The molecule has 134 valence electrons. The van der Waals surface area contributed by atoms with Crippen molar-refractivity contribution in [2.75, 3.05) is 21.3 Å². The highest BCUT2D eigenvalue weighted by Crippen LogP contribution is 2.39. The van der Waals surface area contributed by atoms with Crippen LogP contribution in [0.1, 0.15) is 18.4 Å². The zero-order chi connectivity index (χ0) is 17.8. The molecule has 2 aliphatic carbocycles. The van der Waals surface area contributed by atoms with E-state index < -0.39 is 0 Å². The van der Waals surface area contributed by atoms with Gasteiger partial charge in [-0.15, -0.1) is 0 Å². The monoisotopic (exact) mass is 361 g/mol. The van der Waals surface area contributed by atoms with Crippen LogP contribution < -0.4 is 25.0 Å². The average Bonchev–Trinajstić information content (AvgIpc) is 3.23. The number of fused-ring (bicyclic) bond motifs is 2. The first-order valence-corrected chi connectivity index (χ1v) is 8.63. The first-order chi connectivity index (χ1) is 12.1. The minimum Gasteiger partial charge on any atom is -0.493 e. The summed E-state index contributed by atoms with van der Waals surface area (Å²) in [6.45, 7) is 0. The number of hydrogen-bond donors (Lipinski definition) is 2. The Labute approximate surface area is 153 Å². The molecule has 2 aliphatic rings. The van der Waals surface area contributed by atoms with Gasteiger partial charge < -0.3 is 19.5 Å². The van der Waals surface area contributed by atoms with Crippen molar-refractivity contribution in [2.24, 2.45) is 16.9 Å². The van der Waals surface area contributed by atoms with E-state index in [0.717, 1.165) is 12.0 Å². The Morgan fingerprint density at radius 2 is 1.84 bits per heavy atom. The number of ether oxygens (including phenoxy) is 3. The largest absolute Gasteiger partial charge is 0.493 e. The SMILES string of the molecule is COc1cc(/C=N\NC(=S)N[C@H]2C[C@@H]3C=C[C@@H]2C3)cc(OC)c1OC. The van der Waals surface area contributed by atoms with Crippen molar-refractivity contribution < 1.29 is 14.2 Å². The van der Waals surface area contributed by atoms with Crippen LogP contribution in [-0.4, -0.2) is 38.7 Å². The summed E-state index contributed by atoms with van der Waals surface area (Å²) in [6.07, 6.45) is 8.63. The van der Waals surface area contributed by atoms with Crippen molar-refractivity contribution in [3.8, 4) is 17.2 Å². The normalized spacial score (nSPS) is 23.7. The predicted octanol–water partition coefficient (Wildman–Crippen LogP) is 2.48. The van der Waals surface area contributed by atoms with Gasteiger partial charge in [0.1, 0.15) is 0 Å². The fraction of sp³-hybridized carbons (Fsp3) is 0.444. The molecular formula is C18H23N3O3S. The topological polar surface area (TPSA) is 64.1 Å². The lowest BCUT2D eigenvalue weighted by molar-refractivity contribution is 0.324. The van der Waals surface area contributed by atoms with Crippen molar-refractivity contribution >= 4 is 23.5 Å². The standard InChI is InChI=1S/C18H23N3O3S/c1-22-15-8-12(9-16(23-2)17(15)24-3)10-19-21-18(25)20-14-7-11-4-5-13(14)6-11/h4-5,8-11,13-14H,6-7H2,1-3H3,(H2,20,21,25)/b19-10-/t11-,13-,14+/m1/s1. The summed E-state index contributed by atoms with van der Waals surface area (Å²) in [7, 11) is 4.74. The minimum absolute atomic E-state index is 0.409. The summed E-state index contributed by atoms with van der Waals surface area (Å²) in [5, 5.41) is 8.09. The van der Waals surface area contributed by atoms with Gasteiger partial charge in [-0.2, -0.15) is 5.10 Å². The van der Waals surface area contributed by atoms with E-state index in [4.69, 9.17) is 26.4 Å². The molecule has 6 nitrogen and oxygen atoms in total. The molecule has 7 heteroatoms. The third kappa shape index (κ3) is 3.87. The Balaban J connectivity index is 1.60. The molecule has 3 rings (SSSR count). The molecular weight excluding hydrogens is 338 g/mol. The molecule has 2 N–H and O–H groups in total. The van der Waals surface area contributed by atoms with E-state index in [1.807, 2.05) is 12.1 Å². The van der Waals surface area contributed by atoms with Crippen LogP contribution in [0.2, 0.25) is 0 Å². The fourth-order valence-electron chi connectivity index (χ4n) is 3.49. The summed E-state index contributed by atoms with van der Waals surface area (Å²) < 4.78 is 16.0. The fourth-order valence-corrected chi connectivity index (χ4v) is 3.69. The lowest BCUT2D eigenvalue weighted by Crippen LogP contribution is -2.42. The number of allylic oxidation sites excluding steroid dienone is 1. The van der Waals surface area contributed by atoms with E-state index in [2.05, 4.69) is 28.0 Å². The van der Waals surface area contributed by atoms with Crippen LogP contribution in [0.4, 0.5) is 0 Å². The van der Waals surface area contributed by atoms with E-state index >= 15 is 0 Å². The van der Waals surface area contributed by atoms with Crippen molar-refractivity contribution in [3.63, 3.8) is 0 Å². The van der Waals surface area contributed by atoms with Crippen LogP contribution in [0.25, 0.3) is 0 Å². The molecule has 1 aromatic rings. The van der Waals surface area contributed by atoms with Crippen LogP contribution in [0, 0.1) is 11.8 Å². The maximum atomic E-state index is 5.33. The van der Waals surface area contributed by atoms with Gasteiger partial charge in [-0.3, -0.25) is 5.43 Å². The lowest BCUT2D eigenvalue weighted by Gasteiger charge is -2.20.